The first kappa shape index (κ1) is 25.4. The molecule has 9 heteroatoms. The molecule has 0 fully saturated rings. The van der Waals surface area contributed by atoms with Gasteiger partial charge in [-0.05, 0) is 79.9 Å². The minimum atomic E-state index is -3.35. The zero-order chi connectivity index (χ0) is 25.7. The zero-order valence-corrected chi connectivity index (χ0v) is 21.8. The maximum absolute atomic E-state index is 14.1. The Kier molecular flexibility index (Phi) is 6.57. The summed E-state index contributed by atoms with van der Waals surface area (Å²) in [7, 11) is -3.35. The van der Waals surface area contributed by atoms with E-state index in [-0.39, 0.29) is 20.6 Å². The molecular weight excluding hydrogens is 510 g/mol. The lowest BCUT2D eigenvalue weighted by Crippen LogP contribution is -2.17. The molecule has 0 unspecified atom stereocenters. The number of benzene rings is 3. The first-order valence-corrected chi connectivity index (χ1v) is 13.3. The Morgan fingerprint density at radius 1 is 1.00 bits per heavy atom. The van der Waals surface area contributed by atoms with Gasteiger partial charge in [0.05, 0.1) is 26.3 Å². The summed E-state index contributed by atoms with van der Waals surface area (Å²) in [4.78, 5) is 0.232. The van der Waals surface area contributed by atoms with Gasteiger partial charge in [0, 0.05) is 11.8 Å². The van der Waals surface area contributed by atoms with Gasteiger partial charge in [-0.15, -0.1) is 0 Å². The summed E-state index contributed by atoms with van der Waals surface area (Å²) >= 11 is 13.1. The molecule has 0 atom stereocenters. The molecule has 1 N–H and O–H groups in total. The molecule has 35 heavy (non-hydrogen) atoms. The average Bonchev–Trinajstić information content (AvgIpc) is 3.12. The SMILES string of the molecule is Cc1cc(-n2nc(C(C)(C)O)c(Cl)c2-c2cc(F)ccc2Cl)ccc1-c1cccc(S(C)(=O)=O)c1. The summed E-state index contributed by atoms with van der Waals surface area (Å²) in [6.45, 7) is 5.01. The second-order valence-corrected chi connectivity index (χ2v) is 11.7. The van der Waals surface area contributed by atoms with E-state index in [0.29, 0.717) is 16.9 Å². The van der Waals surface area contributed by atoms with Crippen LogP contribution in [0.3, 0.4) is 0 Å². The average molecular weight is 533 g/mol. The first-order valence-electron chi connectivity index (χ1n) is 10.7. The third kappa shape index (κ3) is 5.00. The van der Waals surface area contributed by atoms with E-state index in [0.717, 1.165) is 16.7 Å². The fourth-order valence-electron chi connectivity index (χ4n) is 3.89. The molecule has 3 aromatic carbocycles. The fourth-order valence-corrected chi connectivity index (χ4v) is 5.21. The number of nitrogens with zero attached hydrogens (tertiary/aromatic N) is 2. The van der Waals surface area contributed by atoms with Crippen molar-refractivity contribution in [2.24, 2.45) is 0 Å². The van der Waals surface area contributed by atoms with Crippen molar-refractivity contribution in [3.8, 4) is 28.1 Å². The summed E-state index contributed by atoms with van der Waals surface area (Å²) in [5.74, 6) is -0.490. The molecule has 0 amide bonds. The quantitative estimate of drug-likeness (QED) is 0.314. The van der Waals surface area contributed by atoms with Gasteiger partial charge in [0.2, 0.25) is 0 Å². The standard InChI is InChI=1S/C26H23Cl2FN2O3S/c1-15-12-18(9-10-20(15)16-6-5-7-19(13-16)35(4,33)34)31-24(21-14-17(29)8-11-22(21)27)23(28)25(30-31)26(2,3)32/h5-14,32H,1-4H3. The maximum Gasteiger partial charge on any atom is 0.175 e. The van der Waals surface area contributed by atoms with E-state index in [1.807, 2.05) is 25.1 Å². The van der Waals surface area contributed by atoms with E-state index in [9.17, 15) is 17.9 Å². The second kappa shape index (κ2) is 9.06. The van der Waals surface area contributed by atoms with Crippen LogP contribution in [-0.4, -0.2) is 29.6 Å². The molecule has 1 aromatic heterocycles. The van der Waals surface area contributed by atoms with Crippen molar-refractivity contribution in [1.29, 1.82) is 0 Å². The summed E-state index contributed by atoms with van der Waals surface area (Å²) in [6, 6.07) is 16.2. The Bertz CT molecular complexity index is 1560. The molecule has 0 saturated carbocycles. The van der Waals surface area contributed by atoms with Crippen LogP contribution in [-0.2, 0) is 15.4 Å². The summed E-state index contributed by atoms with van der Waals surface area (Å²) in [5, 5.41) is 15.7. The molecule has 4 aromatic rings. The normalized spacial score (nSPS) is 12.2. The van der Waals surface area contributed by atoms with E-state index in [4.69, 9.17) is 23.2 Å². The molecule has 4 rings (SSSR count). The smallest absolute Gasteiger partial charge is 0.175 e. The largest absolute Gasteiger partial charge is 0.384 e. The molecule has 5 nitrogen and oxygen atoms in total. The Hall–Kier alpha value is -2.71. The van der Waals surface area contributed by atoms with Crippen LogP contribution in [0.4, 0.5) is 4.39 Å². The molecule has 1 heterocycles. The van der Waals surface area contributed by atoms with Crippen molar-refractivity contribution < 1.29 is 17.9 Å². The molecule has 0 aliphatic carbocycles. The topological polar surface area (TPSA) is 72.2 Å². The maximum atomic E-state index is 14.1. The molecular formula is C26H23Cl2FN2O3S. The van der Waals surface area contributed by atoms with Crippen molar-refractivity contribution in [2.45, 2.75) is 31.3 Å². The second-order valence-electron chi connectivity index (χ2n) is 8.91. The minimum Gasteiger partial charge on any atom is -0.384 e. The van der Waals surface area contributed by atoms with Gasteiger partial charge in [0.1, 0.15) is 17.1 Å². The number of aliphatic hydroxyl groups is 1. The summed E-state index contributed by atoms with van der Waals surface area (Å²) in [6.07, 6.45) is 1.17. The fraction of sp³-hybridized carbons (Fsp3) is 0.192. The van der Waals surface area contributed by atoms with E-state index in [1.54, 1.807) is 38.1 Å². The third-order valence-electron chi connectivity index (χ3n) is 5.62. The predicted octanol–water partition coefficient (Wildman–Crippen LogP) is 6.59. The molecule has 0 saturated heterocycles. The van der Waals surface area contributed by atoms with Gasteiger partial charge in [-0.3, -0.25) is 0 Å². The van der Waals surface area contributed by atoms with Crippen LogP contribution in [0.15, 0.2) is 65.6 Å². The Balaban J connectivity index is 1.91. The lowest BCUT2D eigenvalue weighted by Gasteiger charge is -2.14. The van der Waals surface area contributed by atoms with E-state index in [2.05, 4.69) is 5.10 Å². The van der Waals surface area contributed by atoms with Crippen LogP contribution in [0.5, 0.6) is 0 Å². The highest BCUT2D eigenvalue weighted by molar-refractivity contribution is 7.90. The van der Waals surface area contributed by atoms with Crippen molar-refractivity contribution in [3.63, 3.8) is 0 Å². The lowest BCUT2D eigenvalue weighted by molar-refractivity contribution is 0.0735. The van der Waals surface area contributed by atoms with Gasteiger partial charge in [-0.2, -0.15) is 5.10 Å². The number of halogens is 3. The number of hydrogen-bond donors (Lipinski definition) is 1. The number of hydrogen-bond acceptors (Lipinski definition) is 4. The van der Waals surface area contributed by atoms with Crippen LogP contribution in [0.25, 0.3) is 28.1 Å². The molecule has 0 aliphatic rings. The van der Waals surface area contributed by atoms with Gasteiger partial charge in [0.15, 0.2) is 9.84 Å². The van der Waals surface area contributed by atoms with Crippen LogP contribution in [0.1, 0.15) is 25.1 Å². The van der Waals surface area contributed by atoms with Crippen LogP contribution >= 0.6 is 23.2 Å². The van der Waals surface area contributed by atoms with Crippen LogP contribution < -0.4 is 0 Å². The predicted molar refractivity (Wildman–Crippen MR) is 138 cm³/mol. The van der Waals surface area contributed by atoms with Crippen molar-refractivity contribution >= 4 is 33.0 Å². The highest BCUT2D eigenvalue weighted by Gasteiger charge is 2.30. The van der Waals surface area contributed by atoms with Crippen LogP contribution in [0, 0.1) is 12.7 Å². The molecule has 0 bridgehead atoms. The van der Waals surface area contributed by atoms with Crippen molar-refractivity contribution in [1.82, 2.24) is 9.78 Å². The van der Waals surface area contributed by atoms with Gasteiger partial charge >= 0.3 is 0 Å². The summed E-state index contributed by atoms with van der Waals surface area (Å²) < 4.78 is 39.7. The molecule has 182 valence electrons. The molecule has 0 aliphatic heterocycles. The highest BCUT2D eigenvalue weighted by Crippen LogP contribution is 2.41. The van der Waals surface area contributed by atoms with Crippen LogP contribution in [0.2, 0.25) is 10.0 Å². The first-order chi connectivity index (χ1) is 16.3. The summed E-state index contributed by atoms with van der Waals surface area (Å²) in [5.41, 5.74) is 2.59. The minimum absolute atomic E-state index is 0.160. The third-order valence-corrected chi connectivity index (χ3v) is 7.42. The van der Waals surface area contributed by atoms with Gasteiger partial charge < -0.3 is 5.11 Å². The highest BCUT2D eigenvalue weighted by atomic mass is 35.5. The van der Waals surface area contributed by atoms with Crippen molar-refractivity contribution in [3.05, 3.63) is 87.8 Å². The number of sulfone groups is 1. The lowest BCUT2D eigenvalue weighted by atomic mass is 10.00. The molecule has 0 spiro atoms. The van der Waals surface area contributed by atoms with Crippen molar-refractivity contribution in [2.75, 3.05) is 6.26 Å². The van der Waals surface area contributed by atoms with Gasteiger partial charge in [-0.25, -0.2) is 17.5 Å². The zero-order valence-electron chi connectivity index (χ0n) is 19.5. The number of aromatic nitrogens is 2. The molecule has 0 radical (unpaired) electrons. The Morgan fingerprint density at radius 3 is 2.34 bits per heavy atom. The number of rotatable bonds is 5. The van der Waals surface area contributed by atoms with Gasteiger partial charge in [-0.1, -0.05) is 41.4 Å². The van der Waals surface area contributed by atoms with E-state index >= 15 is 0 Å². The Labute approximate surface area is 213 Å². The monoisotopic (exact) mass is 532 g/mol. The Morgan fingerprint density at radius 2 is 1.71 bits per heavy atom. The van der Waals surface area contributed by atoms with Gasteiger partial charge in [0.25, 0.3) is 0 Å². The van der Waals surface area contributed by atoms with E-state index in [1.165, 1.54) is 29.1 Å². The van der Waals surface area contributed by atoms with E-state index < -0.39 is 21.3 Å². The number of aryl methyl sites for hydroxylation is 1.